The molecule has 31 heavy (non-hydrogen) atoms. The molecule has 0 fully saturated rings. The van der Waals surface area contributed by atoms with E-state index in [-0.39, 0.29) is 19.4 Å². The zero-order valence-corrected chi connectivity index (χ0v) is 18.6. The van der Waals surface area contributed by atoms with E-state index in [1.807, 2.05) is 49.4 Å². The maximum Gasteiger partial charge on any atom is 0.326 e. The Morgan fingerprint density at radius 2 is 1.74 bits per heavy atom. The minimum absolute atomic E-state index is 0.0151. The van der Waals surface area contributed by atoms with Gasteiger partial charge in [-0.3, -0.25) is 13.8 Å². The molecule has 6 nitrogen and oxygen atoms in total. The van der Waals surface area contributed by atoms with Crippen LogP contribution in [0.4, 0.5) is 0 Å². The highest BCUT2D eigenvalue weighted by atomic mass is 32.2. The van der Waals surface area contributed by atoms with Gasteiger partial charge in [0.1, 0.15) is 6.61 Å². The number of methoxy groups -OCH3 is 2. The highest BCUT2D eigenvalue weighted by Crippen LogP contribution is 2.42. The molecule has 0 aliphatic heterocycles. The standard InChI is InChI=1S/C24H26O6S/c1-17-9-11-20(12-10-17)31(27)24(23(26)30-16-18-7-5-4-6-8-18)14-13-19(28-2)15-21(24)22(25)29-3/h4-13,21H,14-16H2,1-3H3/t21-,24+,31-/m0/s1. The van der Waals surface area contributed by atoms with Gasteiger partial charge >= 0.3 is 11.9 Å². The molecule has 0 heterocycles. The zero-order chi connectivity index (χ0) is 22.4. The molecule has 3 atom stereocenters. The molecule has 0 N–H and O–H groups in total. The molecule has 0 saturated carbocycles. The van der Waals surface area contributed by atoms with Crippen LogP contribution in [0.3, 0.4) is 0 Å². The summed E-state index contributed by atoms with van der Waals surface area (Å²) in [6.45, 7) is 1.93. The molecule has 1 aliphatic carbocycles. The van der Waals surface area contributed by atoms with Crippen LogP contribution in [-0.4, -0.2) is 35.1 Å². The molecular weight excluding hydrogens is 416 g/mol. The number of hydrogen-bond acceptors (Lipinski definition) is 6. The van der Waals surface area contributed by atoms with Crippen LogP contribution in [-0.2, 0) is 41.2 Å². The van der Waals surface area contributed by atoms with Gasteiger partial charge in [0, 0.05) is 11.3 Å². The van der Waals surface area contributed by atoms with Gasteiger partial charge in [0.15, 0.2) is 4.75 Å². The van der Waals surface area contributed by atoms with E-state index in [2.05, 4.69) is 0 Å². The molecule has 3 rings (SSSR count). The summed E-state index contributed by atoms with van der Waals surface area (Å²) >= 11 is 0. The molecular formula is C24H26O6S. The third kappa shape index (κ3) is 4.71. The minimum atomic E-state index is -1.87. The summed E-state index contributed by atoms with van der Waals surface area (Å²) in [5.41, 5.74) is 1.79. The summed E-state index contributed by atoms with van der Waals surface area (Å²) < 4.78 is 28.2. The van der Waals surface area contributed by atoms with Crippen molar-refractivity contribution < 1.29 is 28.0 Å². The summed E-state index contributed by atoms with van der Waals surface area (Å²) in [7, 11) is 0.880. The summed E-state index contributed by atoms with van der Waals surface area (Å²) in [6, 6.07) is 16.3. The van der Waals surface area contributed by atoms with Gasteiger partial charge in [-0.05, 0) is 37.1 Å². The van der Waals surface area contributed by atoms with Crippen LogP contribution in [0.15, 0.2) is 71.3 Å². The number of benzene rings is 2. The van der Waals surface area contributed by atoms with Gasteiger partial charge in [-0.2, -0.15) is 0 Å². The van der Waals surface area contributed by atoms with Crippen molar-refractivity contribution in [1.29, 1.82) is 0 Å². The summed E-state index contributed by atoms with van der Waals surface area (Å²) in [5, 5.41) is 0. The van der Waals surface area contributed by atoms with Gasteiger partial charge in [0.05, 0.1) is 36.7 Å². The third-order valence-corrected chi connectivity index (χ3v) is 7.45. The lowest BCUT2D eigenvalue weighted by Gasteiger charge is -2.38. The number of carbonyl (C=O) groups is 2. The van der Waals surface area contributed by atoms with Crippen molar-refractivity contribution in [3.63, 3.8) is 0 Å². The molecule has 0 aromatic heterocycles. The van der Waals surface area contributed by atoms with E-state index in [4.69, 9.17) is 14.2 Å². The SMILES string of the molecule is COC(=O)[C@@H]1CC(OC)=CC[C@@]1(C(=O)OCc1ccccc1)[S@@](=O)c1ccc(C)cc1. The normalized spacial score (nSPS) is 21.5. The monoisotopic (exact) mass is 442 g/mol. The van der Waals surface area contributed by atoms with E-state index >= 15 is 0 Å². The molecule has 1 aliphatic rings. The Balaban J connectivity index is 2.04. The second-order valence-electron chi connectivity index (χ2n) is 7.39. The second kappa shape index (κ2) is 9.92. The topological polar surface area (TPSA) is 78.9 Å². The molecule has 0 bridgehead atoms. The Morgan fingerprint density at radius 3 is 2.35 bits per heavy atom. The van der Waals surface area contributed by atoms with E-state index in [1.165, 1.54) is 14.2 Å². The first-order chi connectivity index (χ1) is 14.9. The van der Waals surface area contributed by atoms with Gasteiger partial charge in [0.2, 0.25) is 0 Å². The van der Waals surface area contributed by atoms with Gasteiger partial charge in [0.25, 0.3) is 0 Å². The number of aryl methyl sites for hydroxylation is 1. The molecule has 0 saturated heterocycles. The van der Waals surface area contributed by atoms with Gasteiger partial charge in [-0.15, -0.1) is 0 Å². The number of esters is 2. The van der Waals surface area contributed by atoms with Gasteiger partial charge in [-0.1, -0.05) is 48.0 Å². The minimum Gasteiger partial charge on any atom is -0.501 e. The Bertz CT molecular complexity index is 983. The van der Waals surface area contributed by atoms with Crippen molar-refractivity contribution in [1.82, 2.24) is 0 Å². The third-order valence-electron chi connectivity index (χ3n) is 5.47. The highest BCUT2D eigenvalue weighted by Gasteiger charge is 2.57. The van der Waals surface area contributed by atoms with Crippen molar-refractivity contribution in [3.05, 3.63) is 77.6 Å². The van der Waals surface area contributed by atoms with Crippen molar-refractivity contribution in [2.75, 3.05) is 14.2 Å². The van der Waals surface area contributed by atoms with Crippen LogP contribution in [0.2, 0.25) is 0 Å². The molecule has 2 aromatic rings. The first kappa shape index (κ1) is 22.7. The average Bonchev–Trinajstić information content (AvgIpc) is 2.82. The molecule has 0 spiro atoms. The Labute approximate surface area is 184 Å². The van der Waals surface area contributed by atoms with Crippen LogP contribution in [0.25, 0.3) is 0 Å². The molecule has 164 valence electrons. The Kier molecular flexibility index (Phi) is 7.28. The summed E-state index contributed by atoms with van der Waals surface area (Å²) in [6.07, 6.45) is 1.83. The van der Waals surface area contributed by atoms with Crippen molar-refractivity contribution in [3.8, 4) is 0 Å². The van der Waals surface area contributed by atoms with E-state index in [1.54, 1.807) is 18.2 Å². The van der Waals surface area contributed by atoms with Crippen LogP contribution in [0.5, 0.6) is 0 Å². The summed E-state index contributed by atoms with van der Waals surface area (Å²) in [4.78, 5) is 26.7. The fourth-order valence-electron chi connectivity index (χ4n) is 3.66. The number of allylic oxidation sites excluding steroid dienone is 2. The predicted molar refractivity (Wildman–Crippen MR) is 116 cm³/mol. The molecule has 2 aromatic carbocycles. The van der Waals surface area contributed by atoms with Crippen LogP contribution in [0.1, 0.15) is 24.0 Å². The fourth-order valence-corrected chi connectivity index (χ4v) is 5.35. The van der Waals surface area contributed by atoms with E-state index in [0.717, 1.165) is 11.1 Å². The largest absolute Gasteiger partial charge is 0.501 e. The number of hydrogen-bond donors (Lipinski definition) is 0. The Hall–Kier alpha value is -2.93. The number of carbonyl (C=O) groups excluding carboxylic acids is 2. The van der Waals surface area contributed by atoms with Crippen LogP contribution < -0.4 is 0 Å². The maximum atomic E-state index is 13.8. The lowest BCUT2D eigenvalue weighted by atomic mass is 9.81. The first-order valence-electron chi connectivity index (χ1n) is 9.93. The fraction of sp³-hybridized carbons (Fsp3) is 0.333. The van der Waals surface area contributed by atoms with Crippen LogP contribution in [0, 0.1) is 12.8 Å². The average molecular weight is 443 g/mol. The smallest absolute Gasteiger partial charge is 0.326 e. The quantitative estimate of drug-likeness (QED) is 0.609. The molecule has 0 unspecified atom stereocenters. The van der Waals surface area contributed by atoms with Crippen molar-refractivity contribution >= 4 is 22.7 Å². The molecule has 0 radical (unpaired) electrons. The Morgan fingerprint density at radius 1 is 1.06 bits per heavy atom. The lowest BCUT2D eigenvalue weighted by molar-refractivity contribution is -0.158. The van der Waals surface area contributed by atoms with E-state index < -0.39 is 33.4 Å². The lowest BCUT2D eigenvalue weighted by Crippen LogP contribution is -2.55. The summed E-state index contributed by atoms with van der Waals surface area (Å²) in [5.74, 6) is -1.79. The highest BCUT2D eigenvalue weighted by molar-refractivity contribution is 7.87. The zero-order valence-electron chi connectivity index (χ0n) is 17.8. The number of ether oxygens (including phenoxy) is 3. The van der Waals surface area contributed by atoms with E-state index in [9.17, 15) is 13.8 Å². The predicted octanol–water partition coefficient (Wildman–Crippen LogP) is 3.70. The van der Waals surface area contributed by atoms with Crippen molar-refractivity contribution in [2.45, 2.75) is 36.0 Å². The second-order valence-corrected chi connectivity index (χ2v) is 9.13. The maximum absolute atomic E-state index is 13.8. The van der Waals surface area contributed by atoms with E-state index in [0.29, 0.717) is 10.7 Å². The number of rotatable bonds is 7. The molecule has 0 amide bonds. The van der Waals surface area contributed by atoms with Crippen molar-refractivity contribution in [2.24, 2.45) is 5.92 Å². The van der Waals surface area contributed by atoms with Crippen LogP contribution >= 0.6 is 0 Å². The van der Waals surface area contributed by atoms with Gasteiger partial charge in [-0.25, -0.2) is 0 Å². The molecule has 7 heteroatoms. The van der Waals surface area contributed by atoms with Gasteiger partial charge < -0.3 is 14.2 Å². The first-order valence-corrected chi connectivity index (χ1v) is 11.1.